The van der Waals surface area contributed by atoms with Gasteiger partial charge in [0.2, 0.25) is 11.8 Å². The highest BCUT2D eigenvalue weighted by molar-refractivity contribution is 5.92. The summed E-state index contributed by atoms with van der Waals surface area (Å²) in [5.41, 5.74) is 0.833. The van der Waals surface area contributed by atoms with E-state index in [2.05, 4.69) is 15.4 Å². The van der Waals surface area contributed by atoms with Crippen LogP contribution in [0.3, 0.4) is 0 Å². The summed E-state index contributed by atoms with van der Waals surface area (Å²) in [6.45, 7) is 1.74. The minimum Gasteiger partial charge on any atom is -0.467 e. The molecule has 2 N–H and O–H groups in total. The van der Waals surface area contributed by atoms with Crippen molar-refractivity contribution < 1.29 is 28.7 Å². The van der Waals surface area contributed by atoms with E-state index in [9.17, 15) is 19.2 Å². The first-order valence-corrected chi connectivity index (χ1v) is 9.04. The van der Waals surface area contributed by atoms with Crippen molar-refractivity contribution in [1.82, 2.24) is 15.5 Å². The van der Waals surface area contributed by atoms with E-state index in [-0.39, 0.29) is 19.1 Å². The summed E-state index contributed by atoms with van der Waals surface area (Å²) in [6.07, 6.45) is 0.440. The summed E-state index contributed by atoms with van der Waals surface area (Å²) >= 11 is 0. The average Bonchev–Trinajstić information content (AvgIpc) is 3.20. The normalized spacial score (nSPS) is 16.8. The van der Waals surface area contributed by atoms with Crippen LogP contribution >= 0.6 is 0 Å². The van der Waals surface area contributed by atoms with Crippen LogP contribution < -0.4 is 10.6 Å². The van der Waals surface area contributed by atoms with Gasteiger partial charge < -0.3 is 25.0 Å². The molecule has 0 saturated carbocycles. The monoisotopic (exact) mass is 391 g/mol. The van der Waals surface area contributed by atoms with E-state index >= 15 is 0 Å². The molecule has 1 aliphatic rings. The maximum Gasteiger partial charge on any atom is 0.407 e. The van der Waals surface area contributed by atoms with Crippen LogP contribution in [0.15, 0.2) is 30.3 Å². The molecule has 0 radical (unpaired) electrons. The third-order valence-electron chi connectivity index (χ3n) is 4.39. The zero-order chi connectivity index (χ0) is 20.5. The molecule has 9 nitrogen and oxygen atoms in total. The lowest BCUT2D eigenvalue weighted by molar-refractivity contribution is -0.145. The van der Waals surface area contributed by atoms with Gasteiger partial charge >= 0.3 is 12.1 Å². The third kappa shape index (κ3) is 5.97. The van der Waals surface area contributed by atoms with E-state index in [1.807, 2.05) is 30.3 Å². The van der Waals surface area contributed by atoms with Gasteiger partial charge in [-0.05, 0) is 25.3 Å². The second kappa shape index (κ2) is 10.3. The highest BCUT2D eigenvalue weighted by Gasteiger charge is 2.35. The number of alkyl carbamates (subject to hydrolysis) is 1. The molecule has 0 bridgehead atoms. The topological polar surface area (TPSA) is 114 Å². The fourth-order valence-electron chi connectivity index (χ4n) is 2.91. The van der Waals surface area contributed by atoms with Crippen LogP contribution in [-0.4, -0.2) is 61.1 Å². The van der Waals surface area contributed by atoms with Gasteiger partial charge in [-0.2, -0.15) is 0 Å². The molecule has 152 valence electrons. The molecule has 1 aliphatic heterocycles. The molecule has 3 amide bonds. The predicted octanol–water partition coefficient (Wildman–Crippen LogP) is 0.582. The Balaban J connectivity index is 1.79. The van der Waals surface area contributed by atoms with Gasteiger partial charge in [0.1, 0.15) is 25.2 Å². The summed E-state index contributed by atoms with van der Waals surface area (Å²) in [4.78, 5) is 49.4. The van der Waals surface area contributed by atoms with Gasteiger partial charge in [0.25, 0.3) is 0 Å². The summed E-state index contributed by atoms with van der Waals surface area (Å²) < 4.78 is 9.63. The maximum atomic E-state index is 12.4. The van der Waals surface area contributed by atoms with Crippen molar-refractivity contribution >= 4 is 23.9 Å². The van der Waals surface area contributed by atoms with Crippen LogP contribution in [0.25, 0.3) is 0 Å². The van der Waals surface area contributed by atoms with Crippen molar-refractivity contribution in [1.29, 1.82) is 0 Å². The minimum atomic E-state index is -0.804. The number of ether oxygens (including phenoxy) is 2. The number of esters is 1. The molecule has 1 aromatic rings. The van der Waals surface area contributed by atoms with Crippen molar-refractivity contribution in [3.63, 3.8) is 0 Å². The fraction of sp³-hybridized carbons (Fsp3) is 0.474. The smallest absolute Gasteiger partial charge is 0.407 e. The predicted molar refractivity (Wildman–Crippen MR) is 99.0 cm³/mol. The molecule has 1 heterocycles. The summed E-state index contributed by atoms with van der Waals surface area (Å²) in [5, 5.41) is 4.94. The molecule has 0 aromatic heterocycles. The summed E-state index contributed by atoms with van der Waals surface area (Å²) in [5.74, 6) is -1.37. The lowest BCUT2D eigenvalue weighted by atomic mass is 10.2. The van der Waals surface area contributed by atoms with Gasteiger partial charge in [-0.15, -0.1) is 0 Å². The van der Waals surface area contributed by atoms with Gasteiger partial charge in [-0.3, -0.25) is 9.59 Å². The lowest BCUT2D eigenvalue weighted by Gasteiger charge is -2.25. The van der Waals surface area contributed by atoms with Crippen LogP contribution in [0.1, 0.15) is 25.3 Å². The largest absolute Gasteiger partial charge is 0.467 e. The number of carbonyl (C=O) groups is 4. The van der Waals surface area contributed by atoms with Crippen molar-refractivity contribution in [3.8, 4) is 0 Å². The van der Waals surface area contributed by atoms with Crippen LogP contribution in [0.5, 0.6) is 0 Å². The van der Waals surface area contributed by atoms with Gasteiger partial charge in [0.15, 0.2) is 0 Å². The first-order chi connectivity index (χ1) is 13.4. The molecule has 1 aromatic carbocycles. The number of hydrogen-bond acceptors (Lipinski definition) is 6. The number of likely N-dealkylation sites (tertiary alicyclic amines) is 1. The molecule has 1 saturated heterocycles. The number of carbonyl (C=O) groups excluding carboxylic acids is 4. The van der Waals surface area contributed by atoms with E-state index in [0.29, 0.717) is 19.4 Å². The van der Waals surface area contributed by atoms with E-state index in [0.717, 1.165) is 5.56 Å². The number of nitrogens with one attached hydrogen (secondary N) is 2. The number of hydrogen-bond donors (Lipinski definition) is 2. The van der Waals surface area contributed by atoms with E-state index in [1.165, 1.54) is 18.9 Å². The number of methoxy groups -OCH3 is 1. The number of amides is 3. The average molecular weight is 391 g/mol. The third-order valence-corrected chi connectivity index (χ3v) is 4.39. The Morgan fingerprint density at radius 3 is 2.61 bits per heavy atom. The molecule has 28 heavy (non-hydrogen) atoms. The van der Waals surface area contributed by atoms with E-state index in [1.54, 1.807) is 0 Å². The first-order valence-electron chi connectivity index (χ1n) is 9.04. The fourth-order valence-corrected chi connectivity index (χ4v) is 2.91. The van der Waals surface area contributed by atoms with Crippen LogP contribution in [0, 0.1) is 0 Å². The standard InChI is InChI=1S/C19H25N3O6/c1-13(18(25)27-2)21-17(24)15-9-6-10-22(15)16(23)11-20-19(26)28-12-14-7-4-3-5-8-14/h3-5,7-8,13,15H,6,9-12H2,1-2H3,(H,20,26)(H,21,24)/t13-,15-/m0/s1. The molecular weight excluding hydrogens is 366 g/mol. The Hall–Kier alpha value is -3.10. The van der Waals surface area contributed by atoms with Gasteiger partial charge in [0, 0.05) is 6.54 Å². The molecular formula is C19H25N3O6. The Kier molecular flexibility index (Phi) is 7.79. The van der Waals surface area contributed by atoms with Crippen molar-refractivity contribution in [2.75, 3.05) is 20.2 Å². The number of rotatable bonds is 7. The molecule has 0 spiro atoms. The van der Waals surface area contributed by atoms with E-state index < -0.39 is 30.1 Å². The Labute approximate surface area is 163 Å². The molecule has 9 heteroatoms. The molecule has 2 rings (SSSR count). The zero-order valence-electron chi connectivity index (χ0n) is 16.0. The SMILES string of the molecule is COC(=O)[C@H](C)NC(=O)[C@@H]1CCCN1C(=O)CNC(=O)OCc1ccccc1. The summed E-state index contributed by atoms with van der Waals surface area (Å²) in [6, 6.07) is 7.68. The second-order valence-corrected chi connectivity index (χ2v) is 6.41. The summed E-state index contributed by atoms with van der Waals surface area (Å²) in [7, 11) is 1.24. The highest BCUT2D eigenvalue weighted by Crippen LogP contribution is 2.17. The van der Waals surface area contributed by atoms with Crippen molar-refractivity contribution in [2.24, 2.45) is 0 Å². The van der Waals surface area contributed by atoms with Gasteiger partial charge in [-0.1, -0.05) is 30.3 Å². The maximum absolute atomic E-state index is 12.4. The quantitative estimate of drug-likeness (QED) is 0.658. The van der Waals surface area contributed by atoms with E-state index in [4.69, 9.17) is 4.74 Å². The molecule has 1 fully saturated rings. The number of benzene rings is 1. The Morgan fingerprint density at radius 2 is 1.93 bits per heavy atom. The highest BCUT2D eigenvalue weighted by atomic mass is 16.5. The van der Waals surface area contributed by atoms with Crippen LogP contribution in [-0.2, 0) is 30.5 Å². The molecule has 0 aliphatic carbocycles. The molecule has 0 unspecified atom stereocenters. The van der Waals surface area contributed by atoms with Crippen molar-refractivity contribution in [2.45, 2.75) is 38.5 Å². The Bertz CT molecular complexity index is 709. The lowest BCUT2D eigenvalue weighted by Crippen LogP contribution is -2.51. The molecule has 2 atom stereocenters. The van der Waals surface area contributed by atoms with Gasteiger partial charge in [0.05, 0.1) is 7.11 Å². The second-order valence-electron chi connectivity index (χ2n) is 6.41. The zero-order valence-corrected chi connectivity index (χ0v) is 16.0. The first kappa shape index (κ1) is 21.2. The van der Waals surface area contributed by atoms with Crippen LogP contribution in [0.2, 0.25) is 0 Å². The number of nitrogens with zero attached hydrogens (tertiary/aromatic N) is 1. The minimum absolute atomic E-state index is 0.0982. The van der Waals surface area contributed by atoms with Crippen molar-refractivity contribution in [3.05, 3.63) is 35.9 Å². The van der Waals surface area contributed by atoms with Gasteiger partial charge in [-0.25, -0.2) is 9.59 Å². The van der Waals surface area contributed by atoms with Crippen LogP contribution in [0.4, 0.5) is 4.79 Å². The Morgan fingerprint density at radius 1 is 1.21 bits per heavy atom.